The second-order valence-corrected chi connectivity index (χ2v) is 18.0. The molecule has 0 saturated carbocycles. The van der Waals surface area contributed by atoms with E-state index >= 15 is 0 Å². The summed E-state index contributed by atoms with van der Waals surface area (Å²) in [6.07, 6.45) is 93.0. The van der Waals surface area contributed by atoms with Gasteiger partial charge in [-0.1, -0.05) is 228 Å². The Labute approximate surface area is 458 Å². The molecule has 0 fully saturated rings. The zero-order chi connectivity index (χ0) is 54.3. The van der Waals surface area contributed by atoms with Crippen molar-refractivity contribution in [3.63, 3.8) is 0 Å². The summed E-state index contributed by atoms with van der Waals surface area (Å²) in [5, 5.41) is 0. The first-order chi connectivity index (χ1) is 37.0. The van der Waals surface area contributed by atoms with Gasteiger partial charge in [0, 0.05) is 19.3 Å². The maximum absolute atomic E-state index is 12.8. The van der Waals surface area contributed by atoms with E-state index in [4.69, 9.17) is 14.2 Å². The quantitative estimate of drug-likeness (QED) is 0.0261. The molecule has 0 N–H and O–H groups in total. The molecule has 0 aliphatic rings. The molecule has 0 rings (SSSR count). The summed E-state index contributed by atoms with van der Waals surface area (Å²) in [5.41, 5.74) is 0. The van der Waals surface area contributed by atoms with Crippen molar-refractivity contribution < 1.29 is 28.6 Å². The average Bonchev–Trinajstić information content (AvgIpc) is 3.41. The molecule has 75 heavy (non-hydrogen) atoms. The molecule has 0 saturated heterocycles. The lowest BCUT2D eigenvalue weighted by Gasteiger charge is -2.18. The highest BCUT2D eigenvalue weighted by molar-refractivity contribution is 5.71. The fraction of sp³-hybridized carbons (Fsp3) is 0.493. The number of allylic oxidation sites excluding steroid dienone is 32. The van der Waals surface area contributed by atoms with Crippen LogP contribution in [0.4, 0.5) is 0 Å². The Balaban J connectivity index is 4.50. The van der Waals surface area contributed by atoms with Gasteiger partial charge in [-0.3, -0.25) is 14.4 Å². The van der Waals surface area contributed by atoms with Crippen LogP contribution in [0.2, 0.25) is 0 Å². The van der Waals surface area contributed by atoms with E-state index in [1.807, 2.05) is 12.2 Å². The number of ether oxygens (including phenoxy) is 3. The zero-order valence-electron chi connectivity index (χ0n) is 47.2. The van der Waals surface area contributed by atoms with Crippen LogP contribution in [0.5, 0.6) is 0 Å². The van der Waals surface area contributed by atoms with Crippen molar-refractivity contribution in [3.05, 3.63) is 194 Å². The molecule has 1 unspecified atom stereocenters. The number of rotatable bonds is 49. The van der Waals surface area contributed by atoms with Gasteiger partial charge in [-0.15, -0.1) is 0 Å². The maximum atomic E-state index is 12.8. The maximum Gasteiger partial charge on any atom is 0.306 e. The molecule has 0 heterocycles. The Bertz CT molecular complexity index is 1850. The lowest BCUT2D eigenvalue weighted by molar-refractivity contribution is -0.166. The summed E-state index contributed by atoms with van der Waals surface area (Å²) in [4.78, 5) is 38.1. The predicted octanol–water partition coefficient (Wildman–Crippen LogP) is 19.9. The van der Waals surface area contributed by atoms with Gasteiger partial charge in [0.05, 0.1) is 0 Å². The van der Waals surface area contributed by atoms with Gasteiger partial charge in [-0.05, 0) is 148 Å². The number of carbonyl (C=O) groups is 3. The highest BCUT2D eigenvalue weighted by Crippen LogP contribution is 2.11. The first kappa shape index (κ1) is 69.2. The molecule has 0 bridgehead atoms. The lowest BCUT2D eigenvalue weighted by atomic mass is 10.1. The number of hydrogen-bond acceptors (Lipinski definition) is 6. The first-order valence-electron chi connectivity index (χ1n) is 28.9. The van der Waals surface area contributed by atoms with Gasteiger partial charge in [-0.25, -0.2) is 0 Å². The summed E-state index contributed by atoms with van der Waals surface area (Å²) < 4.78 is 16.7. The summed E-state index contributed by atoms with van der Waals surface area (Å²) in [7, 11) is 0. The smallest absolute Gasteiger partial charge is 0.306 e. The first-order valence-corrected chi connectivity index (χ1v) is 28.9. The Morgan fingerprint density at radius 1 is 0.267 bits per heavy atom. The third kappa shape index (κ3) is 59.0. The van der Waals surface area contributed by atoms with Crippen molar-refractivity contribution in [3.8, 4) is 0 Å². The van der Waals surface area contributed by atoms with Crippen LogP contribution < -0.4 is 0 Å². The minimum absolute atomic E-state index is 0.142. The Morgan fingerprint density at radius 3 is 0.840 bits per heavy atom. The molecule has 6 heteroatoms. The van der Waals surface area contributed by atoms with Gasteiger partial charge in [0.15, 0.2) is 6.10 Å². The molecular weight excluding hydrogens is 925 g/mol. The normalized spacial score (nSPS) is 13.6. The van der Waals surface area contributed by atoms with Crippen LogP contribution in [0, 0.1) is 0 Å². The lowest BCUT2D eigenvalue weighted by Crippen LogP contribution is -2.30. The van der Waals surface area contributed by atoms with E-state index in [0.29, 0.717) is 19.3 Å². The van der Waals surface area contributed by atoms with E-state index in [2.05, 4.69) is 203 Å². The van der Waals surface area contributed by atoms with Crippen LogP contribution in [0.15, 0.2) is 194 Å². The van der Waals surface area contributed by atoms with Crippen molar-refractivity contribution in [1.29, 1.82) is 0 Å². The molecule has 0 aromatic heterocycles. The third-order valence-electron chi connectivity index (χ3n) is 11.1. The number of carbonyl (C=O) groups excluding carboxylic acids is 3. The van der Waals surface area contributed by atoms with E-state index in [9.17, 15) is 14.4 Å². The fourth-order valence-electron chi connectivity index (χ4n) is 6.87. The molecule has 0 aliphatic heterocycles. The molecule has 6 nitrogen and oxygen atoms in total. The van der Waals surface area contributed by atoms with Crippen LogP contribution in [0.1, 0.15) is 201 Å². The van der Waals surface area contributed by atoms with Gasteiger partial charge >= 0.3 is 17.9 Å². The SMILES string of the molecule is CC/C=C\C/C=C\C/C=C\C/C=C\C/C=C\C/C=C\C/C=C\C/C=C\CCCCCCC(=O)OCC(COC(=O)CC/C=C\C/C=C\C/C=C\C/C=C\CC)OC(=O)CCCC/C=C\C/C=C\C/C=C\C/C=C\CC. The highest BCUT2D eigenvalue weighted by Gasteiger charge is 2.19. The van der Waals surface area contributed by atoms with Crippen LogP contribution in [0.25, 0.3) is 0 Å². The van der Waals surface area contributed by atoms with Gasteiger partial charge in [0.25, 0.3) is 0 Å². The molecule has 0 aromatic carbocycles. The van der Waals surface area contributed by atoms with E-state index < -0.39 is 6.10 Å². The van der Waals surface area contributed by atoms with Crippen LogP contribution in [-0.4, -0.2) is 37.2 Å². The topological polar surface area (TPSA) is 78.9 Å². The molecule has 0 radical (unpaired) electrons. The summed E-state index contributed by atoms with van der Waals surface area (Å²) >= 11 is 0. The van der Waals surface area contributed by atoms with Gasteiger partial charge < -0.3 is 14.2 Å². The van der Waals surface area contributed by atoms with E-state index in [0.717, 1.165) is 148 Å². The molecule has 0 spiro atoms. The Kier molecular flexibility index (Phi) is 56.1. The van der Waals surface area contributed by atoms with Gasteiger partial charge in [-0.2, -0.15) is 0 Å². The van der Waals surface area contributed by atoms with Crippen LogP contribution in [-0.2, 0) is 28.6 Å². The number of esters is 3. The second kappa shape index (κ2) is 60.8. The van der Waals surface area contributed by atoms with E-state index in [1.54, 1.807) is 0 Å². The van der Waals surface area contributed by atoms with Crippen LogP contribution >= 0.6 is 0 Å². The number of hydrogen-bond donors (Lipinski definition) is 0. The summed E-state index contributed by atoms with van der Waals surface area (Å²) in [6, 6.07) is 0. The minimum Gasteiger partial charge on any atom is -0.462 e. The fourth-order valence-corrected chi connectivity index (χ4v) is 6.87. The zero-order valence-corrected chi connectivity index (χ0v) is 47.2. The van der Waals surface area contributed by atoms with Gasteiger partial charge in [0.2, 0.25) is 0 Å². The number of unbranched alkanes of at least 4 members (excludes halogenated alkanes) is 6. The van der Waals surface area contributed by atoms with Crippen molar-refractivity contribution in [2.75, 3.05) is 13.2 Å². The molecular formula is C69H102O6. The highest BCUT2D eigenvalue weighted by atomic mass is 16.6. The molecule has 0 aliphatic carbocycles. The molecule has 1 atom stereocenters. The van der Waals surface area contributed by atoms with Crippen molar-refractivity contribution in [2.45, 2.75) is 207 Å². The van der Waals surface area contributed by atoms with Crippen molar-refractivity contribution >= 4 is 17.9 Å². The second-order valence-electron chi connectivity index (χ2n) is 18.0. The Morgan fingerprint density at radius 2 is 0.507 bits per heavy atom. The largest absolute Gasteiger partial charge is 0.462 e. The summed E-state index contributed by atoms with van der Waals surface area (Å²) in [5.74, 6) is -1.11. The van der Waals surface area contributed by atoms with Gasteiger partial charge in [0.1, 0.15) is 13.2 Å². The third-order valence-corrected chi connectivity index (χ3v) is 11.1. The molecule has 414 valence electrons. The van der Waals surface area contributed by atoms with Crippen LogP contribution in [0.3, 0.4) is 0 Å². The summed E-state index contributed by atoms with van der Waals surface area (Å²) in [6.45, 7) is 6.14. The van der Waals surface area contributed by atoms with Crippen molar-refractivity contribution in [2.24, 2.45) is 0 Å². The minimum atomic E-state index is -0.851. The molecule has 0 amide bonds. The molecule has 0 aromatic rings. The predicted molar refractivity (Wildman–Crippen MR) is 324 cm³/mol. The Hall–Kier alpha value is -5.75. The standard InChI is InChI=1S/C69H102O6/c1-4-7-10-13-16-19-22-25-27-28-29-30-31-32-33-34-35-36-37-38-39-40-42-44-47-50-53-56-59-62-68(71)74-65-66(64-73-67(70)61-58-55-52-49-46-43-24-21-18-15-12-9-6-3)75-69(72)63-60-57-54-51-48-45-41-26-23-20-17-14-11-8-5-2/h7-12,16-21,25-27,29-30,32-33,35-36,38-39,41-44,46,48,51-52,55,66H,4-6,13-15,22-24,28,31,34,37,40,45,47,49-50,53-54,56-65H2,1-3H3/b10-7-,11-8-,12-9-,19-16-,20-17-,21-18-,27-25-,30-29-,33-32-,36-35-,39-38-,41-26-,44-42-,46-43-,51-48-,55-52-. The average molecular weight is 1030 g/mol. The van der Waals surface area contributed by atoms with Crippen molar-refractivity contribution in [1.82, 2.24) is 0 Å². The van der Waals surface area contributed by atoms with E-state index in [-0.39, 0.29) is 44.0 Å². The van der Waals surface area contributed by atoms with E-state index in [1.165, 1.54) is 0 Å². The monoisotopic (exact) mass is 1030 g/mol.